The van der Waals surface area contributed by atoms with E-state index in [-0.39, 0.29) is 18.2 Å². The van der Waals surface area contributed by atoms with Crippen molar-refractivity contribution in [1.29, 1.82) is 0 Å². The Bertz CT molecular complexity index is 202. The molecule has 0 rings (SSSR count). The van der Waals surface area contributed by atoms with Crippen molar-refractivity contribution in [2.75, 3.05) is 25.3 Å². The molecule has 0 saturated carbocycles. The van der Waals surface area contributed by atoms with Gasteiger partial charge in [-0.25, -0.2) is 0 Å². The Morgan fingerprint density at radius 1 is 1.50 bits per heavy atom. The summed E-state index contributed by atoms with van der Waals surface area (Å²) in [5, 5.41) is 0. The summed E-state index contributed by atoms with van der Waals surface area (Å²) in [5.74, 6) is -0.120. The van der Waals surface area contributed by atoms with E-state index in [0.717, 1.165) is 0 Å². The predicted octanol–water partition coefficient (Wildman–Crippen LogP) is 0.607. The Balaban J connectivity index is 3.89. The van der Waals surface area contributed by atoms with Crippen molar-refractivity contribution in [2.24, 2.45) is 0 Å². The zero-order valence-electron chi connectivity index (χ0n) is 7.12. The van der Waals surface area contributed by atoms with E-state index in [0.29, 0.717) is 0 Å². The van der Waals surface area contributed by atoms with Crippen molar-refractivity contribution >= 4 is 21.7 Å². The molecule has 0 aromatic rings. The van der Waals surface area contributed by atoms with Crippen LogP contribution in [0.4, 0.5) is 0 Å². The fourth-order valence-electron chi connectivity index (χ4n) is 0.655. The van der Waals surface area contributed by atoms with Crippen LogP contribution >= 0.6 is 11.6 Å². The van der Waals surface area contributed by atoms with Crippen LogP contribution in [0.15, 0.2) is 0 Å². The molecule has 0 aromatic carbocycles. The molecule has 0 bridgehead atoms. The zero-order valence-corrected chi connectivity index (χ0v) is 8.69. The molecule has 12 heavy (non-hydrogen) atoms. The van der Waals surface area contributed by atoms with Crippen molar-refractivity contribution < 1.29 is 17.3 Å². The first-order valence-electron chi connectivity index (χ1n) is 3.47. The number of halogens is 1. The van der Waals surface area contributed by atoms with Gasteiger partial charge in [0.05, 0.1) is 18.5 Å². The van der Waals surface area contributed by atoms with Gasteiger partial charge in [0.25, 0.3) is 10.1 Å². The summed E-state index contributed by atoms with van der Waals surface area (Å²) in [5.41, 5.74) is 0. The molecule has 0 fully saturated rings. The maximum absolute atomic E-state index is 11.0. The summed E-state index contributed by atoms with van der Waals surface area (Å²) in [6, 6.07) is 0. The molecule has 0 N–H and O–H groups in total. The average molecular weight is 217 g/mol. The highest BCUT2D eigenvalue weighted by Crippen LogP contribution is 2.01. The second-order valence-electron chi connectivity index (χ2n) is 2.31. The highest BCUT2D eigenvalue weighted by Gasteiger charge is 2.14. The minimum absolute atomic E-state index is 0.0437. The summed E-state index contributed by atoms with van der Waals surface area (Å²) in [7, 11) is -1.98. The predicted molar refractivity (Wildman–Crippen MR) is 46.9 cm³/mol. The molecular formula is C6H13ClO4S. The summed E-state index contributed by atoms with van der Waals surface area (Å²) >= 11 is 5.26. The molecule has 0 amide bonds. The summed E-state index contributed by atoms with van der Waals surface area (Å²) in [4.78, 5) is 0. The van der Waals surface area contributed by atoms with Gasteiger partial charge in [0, 0.05) is 13.0 Å². The van der Waals surface area contributed by atoms with Crippen LogP contribution in [0, 0.1) is 0 Å². The number of hydrogen-bond acceptors (Lipinski definition) is 4. The maximum atomic E-state index is 11.0. The molecule has 0 aromatic heterocycles. The molecule has 0 saturated heterocycles. The Kier molecular flexibility index (Phi) is 5.82. The van der Waals surface area contributed by atoms with Gasteiger partial charge in [0.15, 0.2) is 0 Å². The van der Waals surface area contributed by atoms with E-state index in [4.69, 9.17) is 16.3 Å². The smallest absolute Gasteiger partial charge is 0.268 e. The molecule has 0 aliphatic carbocycles. The van der Waals surface area contributed by atoms with Gasteiger partial charge >= 0.3 is 0 Å². The van der Waals surface area contributed by atoms with Gasteiger partial charge < -0.3 is 4.74 Å². The van der Waals surface area contributed by atoms with E-state index in [1.807, 2.05) is 0 Å². The van der Waals surface area contributed by atoms with Gasteiger partial charge in [0.2, 0.25) is 0 Å². The van der Waals surface area contributed by atoms with Gasteiger partial charge in [-0.15, -0.1) is 11.6 Å². The first kappa shape index (κ1) is 12.2. The topological polar surface area (TPSA) is 52.6 Å². The van der Waals surface area contributed by atoms with Crippen LogP contribution in [0.5, 0.6) is 0 Å². The van der Waals surface area contributed by atoms with Crippen LogP contribution in [0.2, 0.25) is 0 Å². The molecule has 0 aliphatic heterocycles. The third-order valence-electron chi connectivity index (χ3n) is 1.04. The van der Waals surface area contributed by atoms with Crippen LogP contribution in [-0.2, 0) is 19.0 Å². The van der Waals surface area contributed by atoms with Crippen LogP contribution < -0.4 is 0 Å². The standard InChI is InChI=1S/C6H13ClO4S/c1-6(5-10-2)11-12(8,9)4-3-7/h6H,3-5H2,1-2H3. The first-order chi connectivity index (χ1) is 5.52. The molecule has 0 spiro atoms. The summed E-state index contributed by atoms with van der Waals surface area (Å²) < 4.78 is 31.3. The van der Waals surface area contributed by atoms with Crippen LogP contribution in [0.3, 0.4) is 0 Å². The molecule has 1 unspecified atom stereocenters. The van der Waals surface area contributed by atoms with Crippen LogP contribution in [0.1, 0.15) is 6.92 Å². The van der Waals surface area contributed by atoms with Crippen LogP contribution in [0.25, 0.3) is 0 Å². The third-order valence-corrected chi connectivity index (χ3v) is 2.78. The minimum atomic E-state index is -3.47. The zero-order chi connectivity index (χ0) is 9.61. The monoisotopic (exact) mass is 216 g/mol. The Morgan fingerprint density at radius 3 is 2.50 bits per heavy atom. The molecular weight excluding hydrogens is 204 g/mol. The number of hydrogen-bond donors (Lipinski definition) is 0. The Labute approximate surface area is 77.9 Å². The Hall–Kier alpha value is 0.160. The number of methoxy groups -OCH3 is 1. The molecule has 1 atom stereocenters. The lowest BCUT2D eigenvalue weighted by Gasteiger charge is -2.10. The van der Waals surface area contributed by atoms with Crippen molar-refractivity contribution in [1.82, 2.24) is 0 Å². The van der Waals surface area contributed by atoms with Crippen molar-refractivity contribution in [3.05, 3.63) is 0 Å². The highest BCUT2D eigenvalue weighted by atomic mass is 35.5. The number of ether oxygens (including phenoxy) is 1. The van der Waals surface area contributed by atoms with Crippen molar-refractivity contribution in [3.63, 3.8) is 0 Å². The minimum Gasteiger partial charge on any atom is -0.382 e. The fraction of sp³-hybridized carbons (Fsp3) is 1.00. The first-order valence-corrected chi connectivity index (χ1v) is 5.59. The fourth-order valence-corrected chi connectivity index (χ4v) is 2.06. The number of rotatable bonds is 6. The molecule has 0 heterocycles. The van der Waals surface area contributed by atoms with Gasteiger partial charge in [0.1, 0.15) is 0 Å². The second-order valence-corrected chi connectivity index (χ2v) is 4.41. The largest absolute Gasteiger partial charge is 0.382 e. The third kappa shape index (κ3) is 5.77. The van der Waals surface area contributed by atoms with Gasteiger partial charge in [-0.3, -0.25) is 4.18 Å². The quantitative estimate of drug-likeness (QED) is 0.482. The van der Waals surface area contributed by atoms with E-state index in [1.165, 1.54) is 7.11 Å². The van der Waals surface area contributed by atoms with Crippen molar-refractivity contribution in [3.8, 4) is 0 Å². The highest BCUT2D eigenvalue weighted by molar-refractivity contribution is 7.86. The van der Waals surface area contributed by atoms with E-state index in [1.54, 1.807) is 6.92 Å². The lowest BCUT2D eigenvalue weighted by molar-refractivity contribution is 0.0964. The van der Waals surface area contributed by atoms with Gasteiger partial charge in [-0.05, 0) is 6.92 Å². The Morgan fingerprint density at radius 2 is 2.08 bits per heavy atom. The SMILES string of the molecule is COCC(C)OS(=O)(=O)CCCl. The lowest BCUT2D eigenvalue weighted by atomic mass is 10.5. The summed E-state index contributed by atoms with van der Waals surface area (Å²) in [6.45, 7) is 1.87. The molecule has 0 aliphatic rings. The van der Waals surface area contributed by atoms with E-state index < -0.39 is 16.2 Å². The lowest BCUT2D eigenvalue weighted by Crippen LogP contribution is -2.22. The second kappa shape index (κ2) is 5.75. The van der Waals surface area contributed by atoms with Crippen LogP contribution in [-0.4, -0.2) is 39.9 Å². The molecule has 6 heteroatoms. The summed E-state index contributed by atoms with van der Waals surface area (Å²) in [6.07, 6.45) is -0.455. The number of alkyl halides is 1. The average Bonchev–Trinajstić information content (AvgIpc) is 1.85. The maximum Gasteiger partial charge on any atom is 0.268 e. The molecule has 4 nitrogen and oxygen atoms in total. The van der Waals surface area contributed by atoms with Gasteiger partial charge in [-0.2, -0.15) is 8.42 Å². The normalized spacial score (nSPS) is 14.6. The van der Waals surface area contributed by atoms with Crippen molar-refractivity contribution in [2.45, 2.75) is 13.0 Å². The van der Waals surface area contributed by atoms with Gasteiger partial charge in [-0.1, -0.05) is 0 Å². The van der Waals surface area contributed by atoms with E-state index >= 15 is 0 Å². The van der Waals surface area contributed by atoms with E-state index in [2.05, 4.69) is 4.18 Å². The molecule has 74 valence electrons. The molecule has 0 radical (unpaired) electrons. The van der Waals surface area contributed by atoms with E-state index in [9.17, 15) is 8.42 Å².